The molecular formula is C14H15ClFN3. The summed E-state index contributed by atoms with van der Waals surface area (Å²) in [5.74, 6) is 0.0220. The van der Waals surface area contributed by atoms with E-state index >= 15 is 0 Å². The average molecular weight is 280 g/mol. The number of nitrogens with one attached hydrogen (secondary N) is 1. The number of rotatable bonds is 4. The summed E-state index contributed by atoms with van der Waals surface area (Å²) in [4.78, 5) is 4.08. The summed E-state index contributed by atoms with van der Waals surface area (Å²) < 4.78 is 13.2. The maximum Gasteiger partial charge on any atom is 0.141 e. The highest BCUT2D eigenvalue weighted by atomic mass is 35.5. The Kier molecular flexibility index (Phi) is 4.35. The lowest BCUT2D eigenvalue weighted by Gasteiger charge is -2.20. The summed E-state index contributed by atoms with van der Waals surface area (Å²) in [6.07, 6.45) is 1.64. The molecule has 0 amide bonds. The quantitative estimate of drug-likeness (QED) is 0.904. The number of nitrogens with two attached hydrogens (primary N) is 1. The van der Waals surface area contributed by atoms with Gasteiger partial charge in [-0.3, -0.25) is 0 Å². The molecule has 5 heteroatoms. The molecule has 1 heterocycles. The molecule has 1 atom stereocenters. The highest BCUT2D eigenvalue weighted by Gasteiger charge is 2.17. The first-order valence-corrected chi connectivity index (χ1v) is 6.40. The minimum atomic E-state index is -0.431. The second kappa shape index (κ2) is 5.99. The fraction of sp³-hybridized carbons (Fsp3) is 0.214. The van der Waals surface area contributed by atoms with Crippen molar-refractivity contribution in [1.82, 2.24) is 10.3 Å². The molecule has 2 aromatic rings. The lowest BCUT2D eigenvalue weighted by Crippen LogP contribution is -2.23. The summed E-state index contributed by atoms with van der Waals surface area (Å²) in [5, 5.41) is 3.40. The Hall–Kier alpha value is -1.65. The first kappa shape index (κ1) is 13.8. The number of anilines is 1. The molecule has 0 spiro atoms. The minimum absolute atomic E-state index is 0.0999. The van der Waals surface area contributed by atoms with Gasteiger partial charge >= 0.3 is 0 Å². The second-order valence-corrected chi connectivity index (χ2v) is 4.55. The van der Waals surface area contributed by atoms with Gasteiger partial charge in [0.15, 0.2) is 0 Å². The van der Waals surface area contributed by atoms with Crippen molar-refractivity contribution in [2.45, 2.75) is 13.0 Å². The molecule has 0 aliphatic carbocycles. The Balaban J connectivity index is 2.45. The van der Waals surface area contributed by atoms with Gasteiger partial charge in [0, 0.05) is 11.8 Å². The van der Waals surface area contributed by atoms with Crippen molar-refractivity contribution in [2.75, 3.05) is 12.3 Å². The molecule has 2 rings (SSSR count). The summed E-state index contributed by atoms with van der Waals surface area (Å²) in [5.41, 5.74) is 7.61. The van der Waals surface area contributed by atoms with Crippen LogP contribution in [0.5, 0.6) is 0 Å². The van der Waals surface area contributed by atoms with Gasteiger partial charge in [-0.25, -0.2) is 9.37 Å². The van der Waals surface area contributed by atoms with Crippen LogP contribution in [0.4, 0.5) is 10.2 Å². The van der Waals surface area contributed by atoms with Gasteiger partial charge in [-0.05, 0) is 30.3 Å². The van der Waals surface area contributed by atoms with Crippen molar-refractivity contribution < 1.29 is 4.39 Å². The smallest absolute Gasteiger partial charge is 0.141 e. The van der Waals surface area contributed by atoms with Gasteiger partial charge in [0.1, 0.15) is 11.6 Å². The summed E-state index contributed by atoms with van der Waals surface area (Å²) in [6.45, 7) is 2.73. The van der Waals surface area contributed by atoms with Gasteiger partial charge in [0.05, 0.1) is 11.1 Å². The number of aromatic nitrogens is 1. The van der Waals surface area contributed by atoms with Crippen LogP contribution in [0.1, 0.15) is 24.1 Å². The predicted molar refractivity (Wildman–Crippen MR) is 75.6 cm³/mol. The highest BCUT2D eigenvalue weighted by molar-refractivity contribution is 6.30. The molecule has 3 N–H and O–H groups in total. The van der Waals surface area contributed by atoms with Crippen LogP contribution in [-0.4, -0.2) is 11.5 Å². The first-order chi connectivity index (χ1) is 9.13. The molecule has 0 saturated heterocycles. The van der Waals surface area contributed by atoms with Crippen LogP contribution in [0.3, 0.4) is 0 Å². The number of pyridine rings is 1. The number of nitrogens with zero attached hydrogens (tertiary/aromatic N) is 1. The Labute approximate surface area is 116 Å². The predicted octanol–water partition coefficient (Wildman–Crippen LogP) is 3.16. The molecule has 100 valence electrons. The summed E-state index contributed by atoms with van der Waals surface area (Å²) in [6, 6.07) is 8.22. The maximum absolute atomic E-state index is 13.2. The lowest BCUT2D eigenvalue weighted by atomic mass is 9.99. The third kappa shape index (κ3) is 3.03. The van der Waals surface area contributed by atoms with Gasteiger partial charge in [-0.1, -0.05) is 30.7 Å². The van der Waals surface area contributed by atoms with Crippen LogP contribution >= 0.6 is 11.6 Å². The van der Waals surface area contributed by atoms with Crippen molar-refractivity contribution in [1.29, 1.82) is 0 Å². The zero-order chi connectivity index (χ0) is 13.8. The molecule has 1 aromatic heterocycles. The van der Waals surface area contributed by atoms with Gasteiger partial charge in [0.2, 0.25) is 0 Å². The average Bonchev–Trinajstić information content (AvgIpc) is 2.40. The normalized spacial score (nSPS) is 12.4. The summed E-state index contributed by atoms with van der Waals surface area (Å²) in [7, 11) is 0. The molecule has 0 aliphatic rings. The largest absolute Gasteiger partial charge is 0.383 e. The van der Waals surface area contributed by atoms with Crippen molar-refractivity contribution in [2.24, 2.45) is 0 Å². The fourth-order valence-electron chi connectivity index (χ4n) is 1.98. The SMILES string of the molecule is CCNC(c1ccc(F)c(Cl)c1)c1cccnc1N. The number of halogens is 2. The Morgan fingerprint density at radius 2 is 2.21 bits per heavy atom. The molecule has 0 fully saturated rings. The van der Waals surface area contributed by atoms with E-state index in [0.29, 0.717) is 5.82 Å². The van der Waals surface area contributed by atoms with Crippen molar-refractivity contribution >= 4 is 17.4 Å². The van der Waals surface area contributed by atoms with E-state index in [-0.39, 0.29) is 11.1 Å². The molecule has 0 aliphatic heterocycles. The van der Waals surface area contributed by atoms with Crippen molar-refractivity contribution in [3.05, 3.63) is 58.5 Å². The Morgan fingerprint density at radius 1 is 1.42 bits per heavy atom. The van der Waals surface area contributed by atoms with Gasteiger partial charge in [-0.15, -0.1) is 0 Å². The Morgan fingerprint density at radius 3 is 2.84 bits per heavy atom. The number of nitrogen functional groups attached to an aromatic ring is 1. The third-order valence-electron chi connectivity index (χ3n) is 2.87. The zero-order valence-corrected chi connectivity index (χ0v) is 11.3. The van der Waals surface area contributed by atoms with Crippen molar-refractivity contribution in [3.63, 3.8) is 0 Å². The van der Waals surface area contributed by atoms with E-state index in [4.69, 9.17) is 17.3 Å². The van der Waals surface area contributed by atoms with Gasteiger partial charge in [-0.2, -0.15) is 0 Å². The molecule has 1 unspecified atom stereocenters. The minimum Gasteiger partial charge on any atom is -0.383 e. The van der Waals surface area contributed by atoms with Crippen LogP contribution in [0.2, 0.25) is 5.02 Å². The highest BCUT2D eigenvalue weighted by Crippen LogP contribution is 2.28. The molecule has 0 saturated carbocycles. The van der Waals surface area contributed by atoms with Crippen LogP contribution in [-0.2, 0) is 0 Å². The van der Waals surface area contributed by atoms with E-state index in [1.807, 2.05) is 19.1 Å². The maximum atomic E-state index is 13.2. The molecule has 0 radical (unpaired) electrons. The first-order valence-electron chi connectivity index (χ1n) is 6.02. The van der Waals surface area contributed by atoms with Crippen LogP contribution in [0.25, 0.3) is 0 Å². The van der Waals surface area contributed by atoms with E-state index in [0.717, 1.165) is 17.7 Å². The molecular weight excluding hydrogens is 265 g/mol. The molecule has 0 bridgehead atoms. The second-order valence-electron chi connectivity index (χ2n) is 4.14. The lowest BCUT2D eigenvalue weighted by molar-refractivity contribution is 0.614. The van der Waals surface area contributed by atoms with Gasteiger partial charge < -0.3 is 11.1 Å². The van der Waals surface area contributed by atoms with Crippen LogP contribution in [0, 0.1) is 5.82 Å². The van der Waals surface area contributed by atoms with Crippen molar-refractivity contribution in [3.8, 4) is 0 Å². The van der Waals surface area contributed by atoms with E-state index in [1.54, 1.807) is 18.3 Å². The van der Waals surface area contributed by atoms with E-state index in [1.165, 1.54) is 6.07 Å². The topological polar surface area (TPSA) is 50.9 Å². The number of hydrogen-bond donors (Lipinski definition) is 2. The van der Waals surface area contributed by atoms with Crippen LogP contribution < -0.4 is 11.1 Å². The van der Waals surface area contributed by atoms with Gasteiger partial charge in [0.25, 0.3) is 0 Å². The van der Waals surface area contributed by atoms with E-state index in [2.05, 4.69) is 10.3 Å². The number of hydrogen-bond acceptors (Lipinski definition) is 3. The fourth-order valence-corrected chi connectivity index (χ4v) is 2.17. The number of benzene rings is 1. The summed E-state index contributed by atoms with van der Waals surface area (Å²) >= 11 is 5.84. The third-order valence-corrected chi connectivity index (χ3v) is 3.16. The standard InChI is InChI=1S/C14H15ClFN3/c1-2-18-13(10-4-3-7-19-14(10)17)9-5-6-12(16)11(15)8-9/h3-8,13,18H,2H2,1H3,(H2,17,19). The van der Waals surface area contributed by atoms with Crippen LogP contribution in [0.15, 0.2) is 36.5 Å². The Bertz CT molecular complexity index is 574. The molecule has 1 aromatic carbocycles. The van der Waals surface area contributed by atoms with E-state index < -0.39 is 5.82 Å². The molecule has 3 nitrogen and oxygen atoms in total. The van der Waals surface area contributed by atoms with E-state index in [9.17, 15) is 4.39 Å². The monoisotopic (exact) mass is 279 g/mol. The zero-order valence-electron chi connectivity index (χ0n) is 10.5. The molecule has 19 heavy (non-hydrogen) atoms.